The number of halogens is 2. The van der Waals surface area contributed by atoms with E-state index in [0.29, 0.717) is 30.3 Å². The Morgan fingerprint density at radius 2 is 2.03 bits per heavy atom. The third kappa shape index (κ3) is 5.68. The summed E-state index contributed by atoms with van der Waals surface area (Å²) in [6.07, 6.45) is 1.41. The van der Waals surface area contributed by atoms with Crippen LogP contribution in [0.1, 0.15) is 45.7 Å². The Morgan fingerprint density at radius 1 is 1.23 bits per heavy atom. The summed E-state index contributed by atoms with van der Waals surface area (Å²) >= 11 is 7.82. The minimum absolute atomic E-state index is 0.0227. The van der Waals surface area contributed by atoms with E-state index in [1.807, 2.05) is 37.4 Å². The second-order valence-corrected chi connectivity index (χ2v) is 9.99. The first-order chi connectivity index (χ1) is 16.9. The maximum Gasteiger partial charge on any atom is 0.257 e. The zero-order chi connectivity index (χ0) is 24.9. The maximum atomic E-state index is 14.3. The van der Waals surface area contributed by atoms with Crippen molar-refractivity contribution in [2.75, 3.05) is 26.2 Å². The molecule has 8 heteroatoms. The number of amides is 2. The quantitative estimate of drug-likeness (QED) is 0.375. The Morgan fingerprint density at radius 3 is 2.77 bits per heavy atom. The highest BCUT2D eigenvalue weighted by molar-refractivity contribution is 7.10. The predicted molar refractivity (Wildman–Crippen MR) is 137 cm³/mol. The highest BCUT2D eigenvalue weighted by atomic mass is 35.5. The summed E-state index contributed by atoms with van der Waals surface area (Å²) in [7, 11) is 0. The lowest BCUT2D eigenvalue weighted by molar-refractivity contribution is -0.135. The molecule has 0 fully saturated rings. The number of thiophene rings is 1. The van der Waals surface area contributed by atoms with Crippen molar-refractivity contribution in [1.29, 1.82) is 0 Å². The van der Waals surface area contributed by atoms with E-state index in [1.165, 1.54) is 21.9 Å². The number of hydrogen-bond donors (Lipinski definition) is 0. The van der Waals surface area contributed by atoms with Crippen molar-refractivity contribution in [2.45, 2.75) is 32.7 Å². The predicted octanol–water partition coefficient (Wildman–Crippen LogP) is 5.91. The van der Waals surface area contributed by atoms with Gasteiger partial charge in [-0.25, -0.2) is 4.39 Å². The number of carbonyl (C=O) groups is 2. The van der Waals surface area contributed by atoms with Gasteiger partial charge >= 0.3 is 0 Å². The van der Waals surface area contributed by atoms with Crippen LogP contribution in [0.4, 0.5) is 4.39 Å². The number of aryl methyl sites for hydroxylation is 1. The number of nitrogens with zero attached hydrogens (tertiary/aromatic N) is 2. The molecule has 1 atom stereocenters. The molecule has 184 valence electrons. The second kappa shape index (κ2) is 11.2. The molecule has 2 heterocycles. The monoisotopic (exact) mass is 514 g/mol. The molecular weight excluding hydrogens is 487 g/mol. The van der Waals surface area contributed by atoms with Crippen LogP contribution in [0.25, 0.3) is 0 Å². The number of ether oxygens (including phenoxy) is 1. The zero-order valence-electron chi connectivity index (χ0n) is 19.8. The lowest BCUT2D eigenvalue weighted by Gasteiger charge is -2.37. The molecule has 4 rings (SSSR count). The van der Waals surface area contributed by atoms with Gasteiger partial charge in [0.05, 0.1) is 11.6 Å². The van der Waals surface area contributed by atoms with Crippen molar-refractivity contribution in [3.8, 4) is 5.75 Å². The van der Waals surface area contributed by atoms with Gasteiger partial charge in [-0.05, 0) is 72.7 Å². The molecule has 1 unspecified atom stereocenters. The number of hydrogen-bond acceptors (Lipinski definition) is 4. The van der Waals surface area contributed by atoms with Gasteiger partial charge < -0.3 is 14.5 Å². The number of benzene rings is 2. The first-order valence-corrected chi connectivity index (χ1v) is 12.9. The normalized spacial score (nSPS) is 15.0. The highest BCUT2D eigenvalue weighted by Gasteiger charge is 2.33. The molecule has 0 bridgehead atoms. The summed E-state index contributed by atoms with van der Waals surface area (Å²) in [5.74, 6) is -0.558. The summed E-state index contributed by atoms with van der Waals surface area (Å²) in [5, 5.41) is 2.70. The third-order valence-electron chi connectivity index (χ3n) is 6.16. The van der Waals surface area contributed by atoms with E-state index in [1.54, 1.807) is 34.4 Å². The van der Waals surface area contributed by atoms with Gasteiger partial charge in [0.25, 0.3) is 5.91 Å². The van der Waals surface area contributed by atoms with Crippen molar-refractivity contribution in [3.63, 3.8) is 0 Å². The van der Waals surface area contributed by atoms with Crippen molar-refractivity contribution in [1.82, 2.24) is 9.80 Å². The SMILES string of the molecule is CCCN(CC(=O)N1CCc2sccc2C1COc1ccc(Cl)c(C)c1)C(=O)c1ccccc1F. The second-order valence-electron chi connectivity index (χ2n) is 8.58. The molecule has 0 radical (unpaired) electrons. The summed E-state index contributed by atoms with van der Waals surface area (Å²) in [5.41, 5.74) is 1.96. The fraction of sp³-hybridized carbons (Fsp3) is 0.333. The fourth-order valence-electron chi connectivity index (χ4n) is 4.34. The van der Waals surface area contributed by atoms with Crippen LogP contribution < -0.4 is 4.74 Å². The van der Waals surface area contributed by atoms with Crippen LogP contribution >= 0.6 is 22.9 Å². The molecule has 0 aliphatic carbocycles. The molecule has 0 spiro atoms. The van der Waals surface area contributed by atoms with E-state index < -0.39 is 11.7 Å². The Hall–Kier alpha value is -2.90. The minimum atomic E-state index is -0.587. The van der Waals surface area contributed by atoms with E-state index in [-0.39, 0.29) is 30.7 Å². The maximum absolute atomic E-state index is 14.3. The van der Waals surface area contributed by atoms with Crippen molar-refractivity contribution in [2.24, 2.45) is 0 Å². The molecule has 1 aliphatic heterocycles. The molecule has 3 aromatic rings. The summed E-state index contributed by atoms with van der Waals surface area (Å²) < 4.78 is 20.4. The summed E-state index contributed by atoms with van der Waals surface area (Å²) in [4.78, 5) is 31.0. The van der Waals surface area contributed by atoms with Crippen molar-refractivity contribution >= 4 is 34.8 Å². The van der Waals surface area contributed by atoms with Crippen LogP contribution in [0.15, 0.2) is 53.9 Å². The first-order valence-electron chi connectivity index (χ1n) is 11.7. The largest absolute Gasteiger partial charge is 0.491 e. The Kier molecular flexibility index (Phi) is 8.08. The summed E-state index contributed by atoms with van der Waals surface area (Å²) in [6.45, 7) is 4.91. The van der Waals surface area contributed by atoms with Crippen LogP contribution in [0.3, 0.4) is 0 Å². The van der Waals surface area contributed by atoms with Gasteiger partial charge in [-0.2, -0.15) is 0 Å². The van der Waals surface area contributed by atoms with Crippen LogP contribution in [0.2, 0.25) is 5.02 Å². The van der Waals surface area contributed by atoms with E-state index in [4.69, 9.17) is 16.3 Å². The molecule has 1 aliphatic rings. The molecule has 2 amide bonds. The molecular formula is C27H28ClFN2O3S. The molecule has 5 nitrogen and oxygen atoms in total. The third-order valence-corrected chi connectivity index (χ3v) is 7.58. The molecule has 0 N–H and O–H groups in total. The molecule has 0 saturated heterocycles. The lowest BCUT2D eigenvalue weighted by atomic mass is 10.00. The standard InChI is InChI=1S/C27H28ClFN2O3S/c1-3-12-30(27(33)20-6-4-5-7-23(20)29)16-26(32)31-13-10-25-21(11-14-35-25)24(31)17-34-19-8-9-22(28)18(2)15-19/h4-9,11,14-15,24H,3,10,12-13,16-17H2,1-2H3. The van der Waals surface area contributed by atoms with Gasteiger partial charge in [0.15, 0.2) is 0 Å². The van der Waals surface area contributed by atoms with E-state index in [0.717, 1.165) is 17.5 Å². The molecule has 0 saturated carbocycles. The number of rotatable bonds is 8. The van der Waals surface area contributed by atoms with Crippen LogP contribution in [-0.2, 0) is 11.2 Å². The number of fused-ring (bicyclic) bond motifs is 1. The van der Waals surface area contributed by atoms with Crippen LogP contribution in [0.5, 0.6) is 5.75 Å². The average Bonchev–Trinajstić information content (AvgIpc) is 3.33. The van der Waals surface area contributed by atoms with E-state index in [9.17, 15) is 14.0 Å². The Balaban J connectivity index is 1.53. The van der Waals surface area contributed by atoms with E-state index >= 15 is 0 Å². The smallest absolute Gasteiger partial charge is 0.257 e. The van der Waals surface area contributed by atoms with E-state index in [2.05, 4.69) is 0 Å². The Labute approximate surface area is 214 Å². The van der Waals surface area contributed by atoms with Crippen molar-refractivity contribution in [3.05, 3.63) is 86.3 Å². The summed E-state index contributed by atoms with van der Waals surface area (Å²) in [6, 6.07) is 13.1. The van der Waals surface area contributed by atoms with Crippen molar-refractivity contribution < 1.29 is 18.7 Å². The first kappa shape index (κ1) is 25.2. The zero-order valence-corrected chi connectivity index (χ0v) is 21.4. The molecule has 1 aromatic heterocycles. The van der Waals surface area contributed by atoms with Gasteiger partial charge in [-0.1, -0.05) is 30.7 Å². The molecule has 35 heavy (non-hydrogen) atoms. The van der Waals surface area contributed by atoms with Crippen LogP contribution in [0, 0.1) is 12.7 Å². The van der Waals surface area contributed by atoms with Gasteiger partial charge in [0.2, 0.25) is 5.91 Å². The van der Waals surface area contributed by atoms with Gasteiger partial charge in [0.1, 0.15) is 24.7 Å². The topological polar surface area (TPSA) is 49.9 Å². The number of carbonyl (C=O) groups excluding carboxylic acids is 2. The highest BCUT2D eigenvalue weighted by Crippen LogP contribution is 2.34. The van der Waals surface area contributed by atoms with Crippen LogP contribution in [-0.4, -0.2) is 47.9 Å². The van der Waals surface area contributed by atoms with Gasteiger partial charge in [0, 0.05) is 23.0 Å². The van der Waals surface area contributed by atoms with Gasteiger partial charge in [-0.3, -0.25) is 9.59 Å². The Bertz CT molecular complexity index is 1210. The van der Waals surface area contributed by atoms with Gasteiger partial charge in [-0.15, -0.1) is 11.3 Å². The fourth-order valence-corrected chi connectivity index (χ4v) is 5.38. The molecule has 2 aromatic carbocycles. The average molecular weight is 515 g/mol. The lowest BCUT2D eigenvalue weighted by Crippen LogP contribution is -2.48. The minimum Gasteiger partial charge on any atom is -0.491 e.